The van der Waals surface area contributed by atoms with Crippen molar-refractivity contribution in [1.29, 1.82) is 0 Å². The van der Waals surface area contributed by atoms with E-state index in [-0.39, 0.29) is 19.3 Å². The Hall–Kier alpha value is -0.720. The van der Waals surface area contributed by atoms with Crippen molar-refractivity contribution >= 4 is 10.1 Å². The molecular formula is C10H13F9O3S. The van der Waals surface area contributed by atoms with E-state index in [1.54, 1.807) is 0 Å². The van der Waals surface area contributed by atoms with Crippen LogP contribution in [0.2, 0.25) is 0 Å². The summed E-state index contributed by atoms with van der Waals surface area (Å²) < 4.78 is 141. The lowest BCUT2D eigenvalue weighted by Crippen LogP contribution is -2.60. The third-order valence-corrected chi connectivity index (χ3v) is 3.66. The van der Waals surface area contributed by atoms with Crippen LogP contribution in [0.4, 0.5) is 39.5 Å². The summed E-state index contributed by atoms with van der Waals surface area (Å²) in [4.78, 5) is 0. The van der Waals surface area contributed by atoms with E-state index in [9.17, 15) is 47.9 Å². The van der Waals surface area contributed by atoms with Crippen molar-refractivity contribution in [2.75, 3.05) is 5.75 Å². The summed E-state index contributed by atoms with van der Waals surface area (Å²) in [6.07, 6.45) is -10.3. The van der Waals surface area contributed by atoms with Crippen LogP contribution in [0.1, 0.15) is 32.1 Å². The van der Waals surface area contributed by atoms with Crippen LogP contribution in [0.5, 0.6) is 0 Å². The zero-order valence-electron chi connectivity index (χ0n) is 11.3. The number of hydrogen-bond donors (Lipinski definition) is 1. The van der Waals surface area contributed by atoms with Crippen LogP contribution >= 0.6 is 0 Å². The molecule has 0 bridgehead atoms. The minimum atomic E-state index is -6.89. The van der Waals surface area contributed by atoms with Gasteiger partial charge in [0.2, 0.25) is 0 Å². The molecule has 0 radical (unpaired) electrons. The number of hydrogen-bond acceptors (Lipinski definition) is 2. The molecule has 0 fully saturated rings. The molecule has 0 aliphatic rings. The van der Waals surface area contributed by atoms with Crippen LogP contribution in [-0.4, -0.2) is 42.7 Å². The maximum absolute atomic E-state index is 13.1. The maximum atomic E-state index is 13.1. The highest BCUT2D eigenvalue weighted by Gasteiger charge is 2.81. The van der Waals surface area contributed by atoms with Gasteiger partial charge >= 0.3 is 23.9 Å². The lowest BCUT2D eigenvalue weighted by atomic mass is 9.98. The Bertz CT molecular complexity index is 484. The third kappa shape index (κ3) is 5.69. The van der Waals surface area contributed by atoms with Crippen molar-refractivity contribution in [2.45, 2.75) is 56.0 Å². The molecule has 0 aliphatic heterocycles. The molecule has 1 N–H and O–H groups in total. The predicted octanol–water partition coefficient (Wildman–Crippen LogP) is 4.29. The molecule has 0 aromatic rings. The van der Waals surface area contributed by atoms with Gasteiger partial charge in [0.05, 0.1) is 5.75 Å². The first kappa shape index (κ1) is 22.3. The Labute approximate surface area is 125 Å². The van der Waals surface area contributed by atoms with Crippen LogP contribution in [-0.2, 0) is 10.1 Å². The fraction of sp³-hybridized carbons (Fsp3) is 1.00. The molecule has 140 valence electrons. The highest BCUT2D eigenvalue weighted by molar-refractivity contribution is 7.85. The summed E-state index contributed by atoms with van der Waals surface area (Å²) in [5.41, 5.74) is 0. The summed E-state index contributed by atoms with van der Waals surface area (Å²) >= 11 is 0. The van der Waals surface area contributed by atoms with E-state index < -0.39 is 52.7 Å². The summed E-state index contributed by atoms with van der Waals surface area (Å²) in [7, 11) is -4.29. The molecule has 0 unspecified atom stereocenters. The fourth-order valence-corrected chi connectivity index (χ4v) is 2.12. The standard InChI is InChI=1S/C10H13F9O3S/c11-7(12,5-3-1-2-4-6-23(20,21)22)8(13,14)9(15,16)10(17,18)19/h1-6H2,(H,20,21,22). The van der Waals surface area contributed by atoms with Gasteiger partial charge in [-0.25, -0.2) is 0 Å². The van der Waals surface area contributed by atoms with Gasteiger partial charge in [-0.15, -0.1) is 0 Å². The van der Waals surface area contributed by atoms with Crippen LogP contribution in [0.3, 0.4) is 0 Å². The first-order valence-electron chi connectivity index (χ1n) is 6.11. The van der Waals surface area contributed by atoms with Gasteiger partial charge in [0, 0.05) is 6.42 Å². The number of alkyl halides is 9. The third-order valence-electron chi connectivity index (χ3n) is 2.85. The summed E-state index contributed by atoms with van der Waals surface area (Å²) in [5.74, 6) is -19.8. The van der Waals surface area contributed by atoms with Gasteiger partial charge in [0.1, 0.15) is 0 Å². The van der Waals surface area contributed by atoms with Crippen LogP contribution in [0, 0.1) is 0 Å². The van der Waals surface area contributed by atoms with Crippen molar-refractivity contribution in [1.82, 2.24) is 0 Å². The van der Waals surface area contributed by atoms with Gasteiger partial charge in [0.25, 0.3) is 10.1 Å². The van der Waals surface area contributed by atoms with E-state index in [0.29, 0.717) is 0 Å². The normalized spacial score (nSPS) is 15.0. The molecule has 0 heterocycles. The van der Waals surface area contributed by atoms with Crippen molar-refractivity contribution in [3.63, 3.8) is 0 Å². The number of rotatable bonds is 9. The zero-order chi connectivity index (χ0) is 18.7. The molecule has 0 amide bonds. The van der Waals surface area contributed by atoms with E-state index in [4.69, 9.17) is 4.55 Å². The zero-order valence-corrected chi connectivity index (χ0v) is 12.1. The van der Waals surface area contributed by atoms with Gasteiger partial charge in [-0.3, -0.25) is 4.55 Å². The number of halogens is 9. The minimum Gasteiger partial charge on any atom is -0.286 e. The van der Waals surface area contributed by atoms with E-state index in [2.05, 4.69) is 0 Å². The molecule has 0 rings (SSSR count). The van der Waals surface area contributed by atoms with Crippen molar-refractivity contribution in [2.24, 2.45) is 0 Å². The molecule has 0 saturated carbocycles. The van der Waals surface area contributed by atoms with Gasteiger partial charge in [0.15, 0.2) is 0 Å². The van der Waals surface area contributed by atoms with E-state index in [1.165, 1.54) is 0 Å². The Morgan fingerprint density at radius 3 is 1.52 bits per heavy atom. The van der Waals surface area contributed by atoms with Crippen LogP contribution in [0.15, 0.2) is 0 Å². The Morgan fingerprint density at radius 2 is 1.13 bits per heavy atom. The Balaban J connectivity index is 4.63. The second kappa shape index (κ2) is 7.03. The lowest BCUT2D eigenvalue weighted by molar-refractivity contribution is -0.396. The number of unbranched alkanes of at least 4 members (excludes halogenated alkanes) is 3. The summed E-state index contributed by atoms with van der Waals surface area (Å²) in [6.45, 7) is 0. The van der Waals surface area contributed by atoms with Gasteiger partial charge in [-0.2, -0.15) is 47.9 Å². The monoisotopic (exact) mass is 384 g/mol. The highest BCUT2D eigenvalue weighted by Crippen LogP contribution is 2.54. The second-order valence-electron chi connectivity index (χ2n) is 4.80. The molecule has 0 aromatic heterocycles. The first-order chi connectivity index (χ1) is 9.96. The van der Waals surface area contributed by atoms with Gasteiger partial charge in [-0.1, -0.05) is 12.8 Å². The minimum absolute atomic E-state index is 0.128. The molecule has 0 spiro atoms. The maximum Gasteiger partial charge on any atom is 0.460 e. The quantitative estimate of drug-likeness (QED) is 0.367. The molecule has 13 heteroatoms. The van der Waals surface area contributed by atoms with Crippen molar-refractivity contribution in [3.8, 4) is 0 Å². The van der Waals surface area contributed by atoms with Crippen LogP contribution < -0.4 is 0 Å². The molecular weight excluding hydrogens is 371 g/mol. The molecule has 0 aliphatic carbocycles. The van der Waals surface area contributed by atoms with Crippen molar-refractivity contribution in [3.05, 3.63) is 0 Å². The van der Waals surface area contributed by atoms with Gasteiger partial charge < -0.3 is 0 Å². The van der Waals surface area contributed by atoms with Crippen LogP contribution in [0.25, 0.3) is 0 Å². The molecule has 0 aromatic carbocycles. The largest absolute Gasteiger partial charge is 0.460 e. The topological polar surface area (TPSA) is 54.4 Å². The smallest absolute Gasteiger partial charge is 0.286 e. The van der Waals surface area contributed by atoms with E-state index in [1.807, 2.05) is 0 Å². The molecule has 3 nitrogen and oxygen atoms in total. The average molecular weight is 384 g/mol. The Morgan fingerprint density at radius 1 is 0.696 bits per heavy atom. The molecule has 23 heavy (non-hydrogen) atoms. The fourth-order valence-electron chi connectivity index (χ4n) is 1.55. The lowest BCUT2D eigenvalue weighted by Gasteiger charge is -2.33. The highest BCUT2D eigenvalue weighted by atomic mass is 32.2. The summed E-state index contributed by atoms with van der Waals surface area (Å²) in [6, 6.07) is 0. The van der Waals surface area contributed by atoms with E-state index in [0.717, 1.165) is 0 Å². The Kier molecular flexibility index (Phi) is 6.81. The summed E-state index contributed by atoms with van der Waals surface area (Å²) in [5, 5.41) is 0. The van der Waals surface area contributed by atoms with E-state index >= 15 is 0 Å². The second-order valence-corrected chi connectivity index (χ2v) is 6.37. The van der Waals surface area contributed by atoms with Crippen molar-refractivity contribution < 1.29 is 52.5 Å². The van der Waals surface area contributed by atoms with Gasteiger partial charge in [-0.05, 0) is 12.8 Å². The first-order valence-corrected chi connectivity index (χ1v) is 7.72. The molecule has 0 atom stereocenters. The molecule has 0 saturated heterocycles. The predicted molar refractivity (Wildman–Crippen MR) is 60.4 cm³/mol. The SMILES string of the molecule is O=S(=O)(O)CCCCCCC(F)(F)C(F)(F)C(F)(F)C(F)(F)F. The average Bonchev–Trinajstić information content (AvgIpc) is 2.30.